The van der Waals surface area contributed by atoms with Gasteiger partial charge in [-0.1, -0.05) is 23.2 Å². The lowest BCUT2D eigenvalue weighted by molar-refractivity contribution is -0.122. The molecule has 1 saturated heterocycles. The van der Waals surface area contributed by atoms with Gasteiger partial charge in [0, 0.05) is 24.2 Å². The predicted molar refractivity (Wildman–Crippen MR) is 109 cm³/mol. The van der Waals surface area contributed by atoms with E-state index < -0.39 is 0 Å². The van der Waals surface area contributed by atoms with Crippen molar-refractivity contribution in [1.82, 2.24) is 4.98 Å². The predicted octanol–water partition coefficient (Wildman–Crippen LogP) is 3.11. The number of nitrogens with two attached hydrogens (primary N) is 1. The quantitative estimate of drug-likeness (QED) is 0.744. The van der Waals surface area contributed by atoms with Crippen molar-refractivity contribution < 1.29 is 14.3 Å². The van der Waals surface area contributed by atoms with Gasteiger partial charge in [0.15, 0.2) is 6.61 Å². The highest BCUT2D eigenvalue weighted by molar-refractivity contribution is 6.34. The second-order valence-corrected chi connectivity index (χ2v) is 7.35. The lowest BCUT2D eigenvalue weighted by Gasteiger charge is -2.32. The van der Waals surface area contributed by atoms with Gasteiger partial charge in [0.2, 0.25) is 5.91 Å². The molecule has 1 unspecified atom stereocenters. The van der Waals surface area contributed by atoms with Crippen molar-refractivity contribution in [3.8, 4) is 5.75 Å². The van der Waals surface area contributed by atoms with Crippen LogP contribution in [0.15, 0.2) is 36.5 Å². The van der Waals surface area contributed by atoms with Crippen LogP contribution >= 0.6 is 23.2 Å². The highest BCUT2D eigenvalue weighted by Crippen LogP contribution is 2.27. The van der Waals surface area contributed by atoms with Crippen molar-refractivity contribution in [3.63, 3.8) is 0 Å². The maximum atomic E-state index is 12.1. The molecule has 0 saturated carbocycles. The Balaban J connectivity index is 1.54. The number of carbonyl (C=O) groups is 2. The van der Waals surface area contributed by atoms with Gasteiger partial charge in [-0.05, 0) is 37.1 Å². The smallest absolute Gasteiger partial charge is 0.262 e. The molecule has 3 N–H and O–H groups in total. The lowest BCUT2D eigenvalue weighted by atomic mass is 9.97. The summed E-state index contributed by atoms with van der Waals surface area (Å²) in [6.07, 6.45) is 3.25. The molecule has 0 radical (unpaired) electrons. The first kappa shape index (κ1) is 20.2. The molecule has 0 spiro atoms. The van der Waals surface area contributed by atoms with E-state index in [0.717, 1.165) is 25.2 Å². The zero-order valence-corrected chi connectivity index (χ0v) is 16.5. The normalized spacial score (nSPS) is 16.5. The molecule has 2 amide bonds. The Morgan fingerprint density at radius 3 is 2.82 bits per heavy atom. The summed E-state index contributed by atoms with van der Waals surface area (Å²) in [4.78, 5) is 29.9. The minimum Gasteiger partial charge on any atom is -0.482 e. The highest BCUT2D eigenvalue weighted by Gasteiger charge is 2.24. The van der Waals surface area contributed by atoms with Crippen LogP contribution in [0.4, 0.5) is 11.5 Å². The fourth-order valence-corrected chi connectivity index (χ4v) is 3.33. The summed E-state index contributed by atoms with van der Waals surface area (Å²) in [6.45, 7) is 1.16. The second kappa shape index (κ2) is 9.12. The van der Waals surface area contributed by atoms with Gasteiger partial charge in [-0.2, -0.15) is 0 Å². The first-order chi connectivity index (χ1) is 13.4. The van der Waals surface area contributed by atoms with Gasteiger partial charge in [-0.15, -0.1) is 0 Å². The fraction of sp³-hybridized carbons (Fsp3) is 0.316. The molecule has 1 atom stereocenters. The van der Waals surface area contributed by atoms with Crippen LogP contribution in [0.25, 0.3) is 0 Å². The van der Waals surface area contributed by atoms with Crippen LogP contribution in [0, 0.1) is 5.92 Å². The number of aromatic nitrogens is 1. The lowest BCUT2D eigenvalue weighted by Crippen LogP contribution is -2.41. The Morgan fingerprint density at radius 2 is 2.11 bits per heavy atom. The van der Waals surface area contributed by atoms with Crippen molar-refractivity contribution >= 4 is 46.5 Å². The summed E-state index contributed by atoms with van der Waals surface area (Å²) in [6, 6.07) is 8.33. The standard InChI is InChI=1S/C19H20Cl2N4O3/c20-13-3-5-15(21)16(8-13)28-11-18(26)24-14-4-6-17(23-9-14)25-7-1-2-12(10-25)19(22)27/h3-6,8-9,12H,1-2,7,10-11H2,(H2,22,27)(H,24,26). The van der Waals surface area contributed by atoms with E-state index in [-0.39, 0.29) is 24.3 Å². The first-order valence-electron chi connectivity index (χ1n) is 8.80. The van der Waals surface area contributed by atoms with E-state index in [4.69, 9.17) is 33.7 Å². The number of carbonyl (C=O) groups excluding carboxylic acids is 2. The molecule has 148 valence electrons. The summed E-state index contributed by atoms with van der Waals surface area (Å²) < 4.78 is 5.40. The fourth-order valence-electron chi connectivity index (χ4n) is 2.99. The maximum absolute atomic E-state index is 12.1. The summed E-state index contributed by atoms with van der Waals surface area (Å²) in [5.74, 6) is 0.286. The SMILES string of the molecule is NC(=O)C1CCCN(c2ccc(NC(=O)COc3cc(Cl)ccc3Cl)cn2)C1. The van der Waals surface area contributed by atoms with Gasteiger partial charge in [0.05, 0.1) is 22.8 Å². The zero-order chi connectivity index (χ0) is 20.1. The third kappa shape index (κ3) is 5.27. The minimum absolute atomic E-state index is 0.162. The number of halogens is 2. The van der Waals surface area contributed by atoms with Crippen molar-refractivity contribution in [2.45, 2.75) is 12.8 Å². The molecule has 2 heterocycles. The minimum atomic E-state index is -0.350. The van der Waals surface area contributed by atoms with E-state index in [2.05, 4.69) is 10.3 Å². The van der Waals surface area contributed by atoms with Crippen LogP contribution < -0.4 is 20.7 Å². The van der Waals surface area contributed by atoms with Crippen LogP contribution in [-0.4, -0.2) is 36.5 Å². The largest absolute Gasteiger partial charge is 0.482 e. The molecule has 3 rings (SSSR count). The number of benzene rings is 1. The number of primary amides is 1. The topological polar surface area (TPSA) is 97.6 Å². The van der Waals surface area contributed by atoms with Crippen LogP contribution in [0.3, 0.4) is 0 Å². The molecular weight excluding hydrogens is 403 g/mol. The molecule has 2 aromatic rings. The number of pyridine rings is 1. The van der Waals surface area contributed by atoms with Crippen molar-refractivity contribution in [3.05, 3.63) is 46.6 Å². The van der Waals surface area contributed by atoms with Crippen molar-refractivity contribution in [2.75, 3.05) is 29.9 Å². The zero-order valence-electron chi connectivity index (χ0n) is 15.0. The Labute approximate surface area is 172 Å². The number of hydrogen-bond donors (Lipinski definition) is 2. The number of amides is 2. The van der Waals surface area contributed by atoms with E-state index in [9.17, 15) is 9.59 Å². The maximum Gasteiger partial charge on any atom is 0.262 e. The molecule has 0 bridgehead atoms. The molecule has 1 aromatic heterocycles. The first-order valence-corrected chi connectivity index (χ1v) is 9.56. The third-order valence-electron chi connectivity index (χ3n) is 4.43. The molecule has 1 fully saturated rings. The summed E-state index contributed by atoms with van der Waals surface area (Å²) in [5, 5.41) is 3.55. The monoisotopic (exact) mass is 422 g/mol. The Hall–Kier alpha value is -2.51. The number of rotatable bonds is 6. The molecule has 28 heavy (non-hydrogen) atoms. The van der Waals surface area contributed by atoms with E-state index >= 15 is 0 Å². The molecule has 1 aliphatic heterocycles. The summed E-state index contributed by atoms with van der Waals surface area (Å²) in [7, 11) is 0. The van der Waals surface area contributed by atoms with Crippen LogP contribution in [0.5, 0.6) is 5.75 Å². The Kier molecular flexibility index (Phi) is 6.59. The Morgan fingerprint density at radius 1 is 1.29 bits per heavy atom. The molecule has 0 aliphatic carbocycles. The third-order valence-corrected chi connectivity index (χ3v) is 4.98. The summed E-state index contributed by atoms with van der Waals surface area (Å²) >= 11 is 11.9. The van der Waals surface area contributed by atoms with Crippen molar-refractivity contribution in [1.29, 1.82) is 0 Å². The van der Waals surface area contributed by atoms with Gasteiger partial charge < -0.3 is 20.7 Å². The molecule has 9 heteroatoms. The Bertz CT molecular complexity index is 861. The number of ether oxygens (including phenoxy) is 1. The van der Waals surface area contributed by atoms with Gasteiger partial charge in [0.1, 0.15) is 11.6 Å². The molecule has 7 nitrogen and oxygen atoms in total. The molecule has 1 aliphatic rings. The van der Waals surface area contributed by atoms with Gasteiger partial charge in [-0.25, -0.2) is 4.98 Å². The average molecular weight is 423 g/mol. The molecular formula is C19H20Cl2N4O3. The van der Waals surface area contributed by atoms with E-state index in [1.54, 1.807) is 36.5 Å². The number of piperidine rings is 1. The number of nitrogens with one attached hydrogen (secondary N) is 1. The van der Waals surface area contributed by atoms with E-state index in [1.165, 1.54) is 0 Å². The van der Waals surface area contributed by atoms with E-state index in [0.29, 0.717) is 28.0 Å². The average Bonchev–Trinajstić information content (AvgIpc) is 2.69. The highest BCUT2D eigenvalue weighted by atomic mass is 35.5. The van der Waals surface area contributed by atoms with Gasteiger partial charge >= 0.3 is 0 Å². The van der Waals surface area contributed by atoms with Gasteiger partial charge in [0.25, 0.3) is 5.91 Å². The van der Waals surface area contributed by atoms with E-state index in [1.807, 2.05) is 4.90 Å². The van der Waals surface area contributed by atoms with Crippen LogP contribution in [0.1, 0.15) is 12.8 Å². The molecule has 1 aromatic carbocycles. The number of nitrogens with zero attached hydrogens (tertiary/aromatic N) is 2. The van der Waals surface area contributed by atoms with Gasteiger partial charge in [-0.3, -0.25) is 9.59 Å². The van der Waals surface area contributed by atoms with Crippen LogP contribution in [0.2, 0.25) is 10.0 Å². The second-order valence-electron chi connectivity index (χ2n) is 6.50. The van der Waals surface area contributed by atoms with Crippen molar-refractivity contribution in [2.24, 2.45) is 11.7 Å². The number of hydrogen-bond acceptors (Lipinski definition) is 5. The summed E-state index contributed by atoms with van der Waals surface area (Å²) in [5.41, 5.74) is 5.95. The van der Waals surface area contributed by atoms with Crippen LogP contribution in [-0.2, 0) is 9.59 Å². The number of anilines is 2.